The SMILES string of the molecule is CCCCCCCCCCCCCCCCCC(=O)OCC(CCOCc1ccccc1)COC(=O)[C@@H](NC(c1ccccc1)(c1ccccc1)c1ccccc1)C(C)C. The number of unbranched alkanes of at least 4 members (excludes halogenated alkanes) is 14. The third-order valence-corrected chi connectivity index (χ3v) is 11.6. The van der Waals surface area contributed by atoms with Gasteiger partial charge in [0.1, 0.15) is 6.04 Å². The first-order valence-electron chi connectivity index (χ1n) is 23.3. The molecule has 6 nitrogen and oxygen atoms in total. The summed E-state index contributed by atoms with van der Waals surface area (Å²) in [5.41, 5.74) is 3.34. The van der Waals surface area contributed by atoms with Crippen molar-refractivity contribution in [3.05, 3.63) is 144 Å². The van der Waals surface area contributed by atoms with Crippen molar-refractivity contribution in [3.63, 3.8) is 0 Å². The fraction of sp³-hybridized carbons (Fsp3) is 0.519. The van der Waals surface area contributed by atoms with Crippen LogP contribution in [0.4, 0.5) is 0 Å². The van der Waals surface area contributed by atoms with E-state index in [1.165, 1.54) is 77.0 Å². The van der Waals surface area contributed by atoms with Gasteiger partial charge in [0.25, 0.3) is 0 Å². The lowest BCUT2D eigenvalue weighted by atomic mass is 9.76. The van der Waals surface area contributed by atoms with Crippen LogP contribution in [0, 0.1) is 11.8 Å². The first-order valence-corrected chi connectivity index (χ1v) is 23.3. The average Bonchev–Trinajstić information content (AvgIpc) is 3.28. The van der Waals surface area contributed by atoms with Crippen LogP contribution in [0.3, 0.4) is 0 Å². The normalized spacial score (nSPS) is 12.6. The number of carbonyl (C=O) groups is 2. The summed E-state index contributed by atoms with van der Waals surface area (Å²) >= 11 is 0. The molecule has 1 unspecified atom stereocenters. The highest BCUT2D eigenvalue weighted by Crippen LogP contribution is 2.38. The molecule has 2 atom stereocenters. The molecule has 0 amide bonds. The Kier molecular flexibility index (Phi) is 23.5. The highest BCUT2D eigenvalue weighted by atomic mass is 16.5. The van der Waals surface area contributed by atoms with Crippen molar-refractivity contribution in [2.75, 3.05) is 19.8 Å². The Hall–Kier alpha value is -4.26. The number of hydrogen-bond acceptors (Lipinski definition) is 6. The molecule has 0 aliphatic heterocycles. The molecule has 0 saturated carbocycles. The van der Waals surface area contributed by atoms with E-state index in [-0.39, 0.29) is 37.0 Å². The van der Waals surface area contributed by atoms with Crippen LogP contribution in [-0.4, -0.2) is 37.8 Å². The smallest absolute Gasteiger partial charge is 0.323 e. The van der Waals surface area contributed by atoms with Crippen LogP contribution in [0.25, 0.3) is 0 Å². The topological polar surface area (TPSA) is 73.9 Å². The molecule has 4 aromatic carbocycles. The first-order chi connectivity index (χ1) is 29.4. The fourth-order valence-electron chi connectivity index (χ4n) is 7.99. The molecule has 0 aliphatic rings. The number of ether oxygens (including phenoxy) is 3. The molecule has 0 bridgehead atoms. The van der Waals surface area contributed by atoms with Gasteiger partial charge in [-0.15, -0.1) is 0 Å². The van der Waals surface area contributed by atoms with E-state index < -0.39 is 11.6 Å². The predicted molar refractivity (Wildman–Crippen MR) is 247 cm³/mol. The maximum atomic E-state index is 14.3. The molecule has 1 N–H and O–H groups in total. The number of carbonyl (C=O) groups excluding carboxylic acids is 2. The van der Waals surface area contributed by atoms with Crippen molar-refractivity contribution in [3.8, 4) is 0 Å². The Labute approximate surface area is 363 Å². The summed E-state index contributed by atoms with van der Waals surface area (Å²) in [5, 5.41) is 3.84. The minimum absolute atomic E-state index is 0.0894. The molecule has 0 radical (unpaired) electrons. The second-order valence-electron chi connectivity index (χ2n) is 16.9. The van der Waals surface area contributed by atoms with Gasteiger partial charge in [0.2, 0.25) is 0 Å². The molecule has 0 saturated heterocycles. The highest BCUT2D eigenvalue weighted by Gasteiger charge is 2.41. The summed E-state index contributed by atoms with van der Waals surface area (Å²) in [4.78, 5) is 27.2. The summed E-state index contributed by atoms with van der Waals surface area (Å²) in [6.45, 7) is 7.61. The molecule has 0 fully saturated rings. The third kappa shape index (κ3) is 17.4. The summed E-state index contributed by atoms with van der Waals surface area (Å²) in [6.07, 6.45) is 20.3. The standard InChI is InChI=1S/C54H75NO5/c1-4-5-6-7-8-9-10-11-12-13-14-15-16-17-30-39-51(56)59-43-47(40-41-58-42-46-31-22-18-23-32-46)44-60-53(57)52(45(2)3)55-54(48-33-24-19-25-34-48,49-35-26-20-27-36-49)50-37-28-21-29-38-50/h18-29,31-38,45,47,52,55H,4-17,30,39-44H2,1-3H3/t47?,52-/m0/s1. The molecular weight excluding hydrogens is 743 g/mol. The molecule has 0 spiro atoms. The van der Waals surface area contributed by atoms with Gasteiger partial charge in [-0.25, -0.2) is 0 Å². The van der Waals surface area contributed by atoms with E-state index in [0.29, 0.717) is 26.1 Å². The summed E-state index contributed by atoms with van der Waals surface area (Å²) < 4.78 is 18.0. The van der Waals surface area contributed by atoms with Crippen LogP contribution in [0.15, 0.2) is 121 Å². The van der Waals surface area contributed by atoms with Crippen molar-refractivity contribution in [2.24, 2.45) is 11.8 Å². The van der Waals surface area contributed by atoms with E-state index in [2.05, 4.69) is 48.6 Å². The van der Waals surface area contributed by atoms with Gasteiger partial charge in [0.05, 0.1) is 25.4 Å². The molecular formula is C54H75NO5. The largest absolute Gasteiger partial charge is 0.465 e. The number of nitrogens with one attached hydrogen (secondary N) is 1. The van der Waals surface area contributed by atoms with Gasteiger partial charge < -0.3 is 14.2 Å². The zero-order chi connectivity index (χ0) is 42.5. The van der Waals surface area contributed by atoms with Gasteiger partial charge in [-0.2, -0.15) is 0 Å². The van der Waals surface area contributed by atoms with E-state index in [9.17, 15) is 9.59 Å². The summed E-state index contributed by atoms with van der Waals surface area (Å²) in [6, 6.07) is 40.3. The van der Waals surface area contributed by atoms with E-state index in [1.807, 2.05) is 98.8 Å². The first kappa shape index (κ1) is 48.4. The zero-order valence-electron chi connectivity index (χ0n) is 37.2. The second-order valence-corrected chi connectivity index (χ2v) is 16.9. The van der Waals surface area contributed by atoms with Crippen molar-refractivity contribution >= 4 is 11.9 Å². The number of benzene rings is 4. The Bertz CT molecular complexity index is 1580. The van der Waals surface area contributed by atoms with Gasteiger partial charge in [-0.1, -0.05) is 232 Å². The van der Waals surface area contributed by atoms with Gasteiger partial charge in [0, 0.05) is 18.9 Å². The van der Waals surface area contributed by atoms with Crippen molar-refractivity contribution in [1.29, 1.82) is 0 Å². The average molecular weight is 818 g/mol. The van der Waals surface area contributed by atoms with Crippen molar-refractivity contribution in [2.45, 2.75) is 148 Å². The van der Waals surface area contributed by atoms with Crippen LogP contribution >= 0.6 is 0 Å². The minimum Gasteiger partial charge on any atom is -0.465 e. The Morgan fingerprint density at radius 1 is 0.550 bits per heavy atom. The lowest BCUT2D eigenvalue weighted by Crippen LogP contribution is -2.55. The Morgan fingerprint density at radius 2 is 0.967 bits per heavy atom. The number of rotatable bonds is 32. The molecule has 0 heterocycles. The molecule has 4 rings (SSSR count). The molecule has 0 aliphatic carbocycles. The quantitative estimate of drug-likeness (QED) is 0.0301. The van der Waals surface area contributed by atoms with E-state index in [4.69, 9.17) is 14.2 Å². The van der Waals surface area contributed by atoms with Gasteiger partial charge in [0.15, 0.2) is 0 Å². The van der Waals surface area contributed by atoms with Gasteiger partial charge in [-0.3, -0.25) is 14.9 Å². The number of hydrogen-bond donors (Lipinski definition) is 1. The van der Waals surface area contributed by atoms with Crippen LogP contribution < -0.4 is 5.32 Å². The molecule has 326 valence electrons. The lowest BCUT2D eigenvalue weighted by Gasteiger charge is -2.40. The van der Waals surface area contributed by atoms with Gasteiger partial charge in [-0.05, 0) is 41.0 Å². The van der Waals surface area contributed by atoms with Crippen LogP contribution in [0.2, 0.25) is 0 Å². The Morgan fingerprint density at radius 3 is 1.42 bits per heavy atom. The molecule has 6 heteroatoms. The fourth-order valence-corrected chi connectivity index (χ4v) is 7.99. The molecule has 0 aromatic heterocycles. The van der Waals surface area contributed by atoms with Gasteiger partial charge >= 0.3 is 11.9 Å². The highest BCUT2D eigenvalue weighted by molar-refractivity contribution is 5.77. The Balaban J connectivity index is 1.30. The van der Waals surface area contributed by atoms with E-state index in [1.54, 1.807) is 0 Å². The minimum atomic E-state index is -0.828. The third-order valence-electron chi connectivity index (χ3n) is 11.6. The van der Waals surface area contributed by atoms with E-state index >= 15 is 0 Å². The molecule has 4 aromatic rings. The maximum Gasteiger partial charge on any atom is 0.323 e. The van der Waals surface area contributed by atoms with Crippen LogP contribution in [0.5, 0.6) is 0 Å². The second kappa shape index (κ2) is 29.1. The van der Waals surface area contributed by atoms with Crippen LogP contribution in [-0.2, 0) is 35.9 Å². The summed E-state index contributed by atoms with van der Waals surface area (Å²) in [7, 11) is 0. The van der Waals surface area contributed by atoms with E-state index in [0.717, 1.165) is 41.5 Å². The predicted octanol–water partition coefficient (Wildman–Crippen LogP) is 13.2. The van der Waals surface area contributed by atoms with Crippen molar-refractivity contribution < 1.29 is 23.8 Å². The monoisotopic (exact) mass is 818 g/mol. The van der Waals surface area contributed by atoms with Crippen molar-refractivity contribution in [1.82, 2.24) is 5.32 Å². The zero-order valence-corrected chi connectivity index (χ0v) is 37.2. The van der Waals surface area contributed by atoms with Crippen LogP contribution in [0.1, 0.15) is 152 Å². The maximum absolute atomic E-state index is 14.3. The number of esters is 2. The molecule has 60 heavy (non-hydrogen) atoms. The summed E-state index contributed by atoms with van der Waals surface area (Å²) in [5.74, 6) is -0.819. The lowest BCUT2D eigenvalue weighted by molar-refractivity contribution is -0.152.